The summed E-state index contributed by atoms with van der Waals surface area (Å²) in [7, 11) is 1.68. The summed E-state index contributed by atoms with van der Waals surface area (Å²) in [6.45, 7) is 1.77. The van der Waals surface area contributed by atoms with Crippen LogP contribution < -0.4 is 0 Å². The van der Waals surface area contributed by atoms with Crippen molar-refractivity contribution < 1.29 is 9.47 Å². The molecule has 1 atom stereocenters. The maximum absolute atomic E-state index is 5.99. The smallest absolute Gasteiger partial charge is 0.146 e. The summed E-state index contributed by atoms with van der Waals surface area (Å²) >= 11 is 1.85. The predicted octanol–water partition coefficient (Wildman–Crippen LogP) is 6.09. The van der Waals surface area contributed by atoms with Gasteiger partial charge in [-0.2, -0.15) is 0 Å². The molecule has 1 unspecified atom stereocenters. The van der Waals surface area contributed by atoms with E-state index in [0.29, 0.717) is 13.4 Å². The van der Waals surface area contributed by atoms with Crippen LogP contribution in [-0.4, -0.2) is 31.5 Å². The molecule has 1 aliphatic rings. The minimum absolute atomic E-state index is 0.201. The Morgan fingerprint density at radius 1 is 0.818 bits per heavy atom. The average Bonchev–Trinajstić information content (AvgIpc) is 3.34. The molecule has 2 heterocycles. The summed E-state index contributed by atoms with van der Waals surface area (Å²) in [6, 6.07) is 35.2. The molecule has 3 nitrogen and oxygen atoms in total. The number of benzene rings is 3. The molecule has 168 valence electrons. The second kappa shape index (κ2) is 10.0. The van der Waals surface area contributed by atoms with Crippen molar-refractivity contribution in [1.82, 2.24) is 4.90 Å². The Hall–Kier alpha value is -2.76. The third-order valence-electron chi connectivity index (χ3n) is 6.56. The molecule has 4 heteroatoms. The van der Waals surface area contributed by atoms with Gasteiger partial charge in [0.1, 0.15) is 6.79 Å². The molecule has 0 radical (unpaired) electrons. The Balaban J connectivity index is 1.75. The van der Waals surface area contributed by atoms with E-state index in [1.807, 2.05) is 11.3 Å². The van der Waals surface area contributed by atoms with Crippen molar-refractivity contribution in [2.24, 2.45) is 0 Å². The van der Waals surface area contributed by atoms with Gasteiger partial charge in [-0.1, -0.05) is 91.0 Å². The summed E-state index contributed by atoms with van der Waals surface area (Å²) in [4.78, 5) is 4.11. The van der Waals surface area contributed by atoms with E-state index < -0.39 is 5.54 Å². The Morgan fingerprint density at radius 2 is 1.36 bits per heavy atom. The molecule has 5 rings (SSSR count). The number of nitrogens with zero attached hydrogens (tertiary/aromatic N) is 1. The zero-order chi connectivity index (χ0) is 22.5. The summed E-state index contributed by atoms with van der Waals surface area (Å²) < 4.78 is 11.2. The monoisotopic (exact) mass is 455 g/mol. The van der Waals surface area contributed by atoms with E-state index in [-0.39, 0.29) is 6.04 Å². The predicted molar refractivity (Wildman–Crippen MR) is 134 cm³/mol. The maximum atomic E-state index is 5.99. The number of ether oxygens (including phenoxy) is 2. The van der Waals surface area contributed by atoms with E-state index in [2.05, 4.69) is 107 Å². The molecule has 0 spiro atoms. The summed E-state index contributed by atoms with van der Waals surface area (Å²) in [5.41, 5.74) is 4.74. The van der Waals surface area contributed by atoms with Gasteiger partial charge in [-0.3, -0.25) is 4.90 Å². The first-order valence-electron chi connectivity index (χ1n) is 11.4. The zero-order valence-corrected chi connectivity index (χ0v) is 19.7. The van der Waals surface area contributed by atoms with Crippen molar-refractivity contribution in [3.05, 3.63) is 130 Å². The molecular weight excluding hydrogens is 426 g/mol. The minimum atomic E-state index is -0.454. The van der Waals surface area contributed by atoms with Crippen molar-refractivity contribution >= 4 is 11.3 Å². The summed E-state index contributed by atoms with van der Waals surface area (Å²) in [5, 5.41) is 2.22. The van der Waals surface area contributed by atoms with Crippen LogP contribution in [0.4, 0.5) is 0 Å². The van der Waals surface area contributed by atoms with Crippen LogP contribution in [0.1, 0.15) is 27.1 Å². The fourth-order valence-corrected chi connectivity index (χ4v) is 6.14. The van der Waals surface area contributed by atoms with E-state index in [1.54, 1.807) is 7.11 Å². The Morgan fingerprint density at radius 3 is 1.88 bits per heavy atom. The molecule has 0 N–H and O–H groups in total. The molecular formula is C29H29NO2S. The van der Waals surface area contributed by atoms with Gasteiger partial charge < -0.3 is 9.47 Å². The molecule has 4 aromatic rings. The second-order valence-corrected chi connectivity index (χ2v) is 9.44. The number of fused-ring (bicyclic) bond motifs is 1. The first kappa shape index (κ1) is 22.1. The Labute approximate surface area is 200 Å². The number of thiophene rings is 1. The zero-order valence-electron chi connectivity index (χ0n) is 18.9. The van der Waals surface area contributed by atoms with Crippen molar-refractivity contribution in [3.8, 4) is 0 Å². The van der Waals surface area contributed by atoms with E-state index in [1.165, 1.54) is 27.1 Å². The van der Waals surface area contributed by atoms with Crippen LogP contribution in [0.5, 0.6) is 0 Å². The lowest BCUT2D eigenvalue weighted by atomic mass is 9.73. The van der Waals surface area contributed by atoms with Crippen LogP contribution in [0.3, 0.4) is 0 Å². The second-order valence-electron chi connectivity index (χ2n) is 8.44. The van der Waals surface area contributed by atoms with Gasteiger partial charge in [0.2, 0.25) is 0 Å². The molecule has 0 aliphatic carbocycles. The standard InChI is InChI=1S/C29H29NO2S/c1-31-22-32-21-27-19-28-23(17-18-33-28)20-30(27)29(24-11-5-2-6-12-24,25-13-7-3-8-14-25)26-15-9-4-10-16-26/h2-18,27H,19-22H2,1H3. The third-order valence-corrected chi connectivity index (χ3v) is 7.54. The topological polar surface area (TPSA) is 21.7 Å². The number of rotatable bonds is 8. The van der Waals surface area contributed by atoms with Gasteiger partial charge in [-0.25, -0.2) is 0 Å². The van der Waals surface area contributed by atoms with Crippen LogP contribution in [0.25, 0.3) is 0 Å². The lowest BCUT2D eigenvalue weighted by Gasteiger charge is -2.51. The SMILES string of the molecule is COCOCC1Cc2sccc2CN1C(c1ccccc1)(c1ccccc1)c1ccccc1. The maximum Gasteiger partial charge on any atom is 0.146 e. The Bertz CT molecular complexity index is 1050. The van der Waals surface area contributed by atoms with E-state index in [9.17, 15) is 0 Å². The molecule has 0 bridgehead atoms. The average molecular weight is 456 g/mol. The van der Waals surface area contributed by atoms with Gasteiger partial charge in [0, 0.05) is 24.6 Å². The van der Waals surface area contributed by atoms with Crippen molar-refractivity contribution in [2.75, 3.05) is 20.5 Å². The lowest BCUT2D eigenvalue weighted by Crippen LogP contribution is -2.56. The van der Waals surface area contributed by atoms with Gasteiger partial charge in [0.25, 0.3) is 0 Å². The fourth-order valence-electron chi connectivity index (χ4n) is 5.17. The van der Waals surface area contributed by atoms with Crippen LogP contribution in [-0.2, 0) is 28.0 Å². The van der Waals surface area contributed by atoms with E-state index in [4.69, 9.17) is 9.47 Å². The normalized spacial score (nSPS) is 16.5. The highest BCUT2D eigenvalue weighted by molar-refractivity contribution is 7.10. The molecule has 0 saturated heterocycles. The fraction of sp³-hybridized carbons (Fsp3) is 0.241. The van der Waals surface area contributed by atoms with Gasteiger partial charge in [0.15, 0.2) is 0 Å². The largest absolute Gasteiger partial charge is 0.359 e. The molecule has 0 fully saturated rings. The van der Waals surface area contributed by atoms with Gasteiger partial charge >= 0.3 is 0 Å². The van der Waals surface area contributed by atoms with Crippen LogP contribution in [0, 0.1) is 0 Å². The van der Waals surface area contributed by atoms with Crippen molar-refractivity contribution in [3.63, 3.8) is 0 Å². The first-order valence-corrected chi connectivity index (χ1v) is 12.3. The van der Waals surface area contributed by atoms with Gasteiger partial charge in [-0.15, -0.1) is 11.3 Å². The number of hydrogen-bond donors (Lipinski definition) is 0. The highest BCUT2D eigenvalue weighted by atomic mass is 32.1. The number of hydrogen-bond acceptors (Lipinski definition) is 4. The molecule has 3 aromatic carbocycles. The molecule has 0 saturated carbocycles. The number of methoxy groups -OCH3 is 1. The van der Waals surface area contributed by atoms with E-state index in [0.717, 1.165) is 13.0 Å². The molecule has 1 aromatic heterocycles. The molecule has 1 aliphatic heterocycles. The molecule has 33 heavy (non-hydrogen) atoms. The summed E-state index contributed by atoms with van der Waals surface area (Å²) in [6.07, 6.45) is 0.963. The van der Waals surface area contributed by atoms with Crippen LogP contribution in [0.15, 0.2) is 102 Å². The minimum Gasteiger partial charge on any atom is -0.359 e. The summed E-state index contributed by atoms with van der Waals surface area (Å²) in [5.74, 6) is 0. The van der Waals surface area contributed by atoms with Gasteiger partial charge in [0.05, 0.1) is 12.1 Å². The van der Waals surface area contributed by atoms with E-state index >= 15 is 0 Å². The quantitative estimate of drug-likeness (QED) is 0.182. The Kier molecular flexibility index (Phi) is 6.70. The highest BCUT2D eigenvalue weighted by Crippen LogP contribution is 2.46. The first-order chi connectivity index (χ1) is 16.3. The molecule has 0 amide bonds. The van der Waals surface area contributed by atoms with Crippen LogP contribution >= 0.6 is 11.3 Å². The third kappa shape index (κ3) is 4.16. The van der Waals surface area contributed by atoms with Crippen molar-refractivity contribution in [2.45, 2.75) is 24.5 Å². The van der Waals surface area contributed by atoms with Crippen molar-refractivity contribution in [1.29, 1.82) is 0 Å². The van der Waals surface area contributed by atoms with Gasteiger partial charge in [-0.05, 0) is 40.1 Å². The lowest BCUT2D eigenvalue weighted by molar-refractivity contribution is -0.0647. The highest BCUT2D eigenvalue weighted by Gasteiger charge is 2.46. The van der Waals surface area contributed by atoms with Crippen LogP contribution in [0.2, 0.25) is 0 Å².